The van der Waals surface area contributed by atoms with Crippen molar-refractivity contribution >= 4 is 21.7 Å². The van der Waals surface area contributed by atoms with E-state index in [1.807, 2.05) is 0 Å². The van der Waals surface area contributed by atoms with Crippen LogP contribution in [-0.2, 0) is 21.3 Å². The van der Waals surface area contributed by atoms with Crippen molar-refractivity contribution in [2.75, 3.05) is 25.0 Å². The molecule has 8 heteroatoms. The number of carbonyl (C=O) groups is 1. The minimum absolute atomic E-state index is 0.289. The number of rotatable bonds is 7. The first-order chi connectivity index (χ1) is 13.4. The molecule has 0 saturated carbocycles. The zero-order valence-corrected chi connectivity index (χ0v) is 17.0. The average Bonchev–Trinajstić information content (AvgIpc) is 3.16. The van der Waals surface area contributed by atoms with E-state index in [2.05, 4.69) is 12.2 Å². The van der Waals surface area contributed by atoms with E-state index in [1.165, 1.54) is 6.26 Å². The number of benzene rings is 1. The van der Waals surface area contributed by atoms with Crippen molar-refractivity contribution in [3.8, 4) is 0 Å². The highest BCUT2D eigenvalue weighted by Gasteiger charge is 2.28. The predicted molar refractivity (Wildman–Crippen MR) is 106 cm³/mol. The van der Waals surface area contributed by atoms with Crippen LogP contribution in [0, 0.1) is 5.92 Å². The lowest BCUT2D eigenvalue weighted by atomic mass is 10.0. The highest BCUT2D eigenvalue weighted by Crippen LogP contribution is 2.24. The molecular weight excluding hydrogens is 380 g/mol. The minimum atomic E-state index is -3.47. The summed E-state index contributed by atoms with van der Waals surface area (Å²) < 4.78 is 37.5. The topological polar surface area (TPSA) is 88.8 Å². The summed E-state index contributed by atoms with van der Waals surface area (Å²) in [5, 5.41) is 3.14. The standard InChI is InChI=1S/C20H26N2O5S/c1-3-26-20(23)18-10-12-27-19(18)13-21-16-6-8-17(9-7-16)28(24,25)22-11-4-5-15(2)14-22/h6-10,12,15,21H,3-5,11,13-14H2,1-2H3/t15-/m0/s1. The summed E-state index contributed by atoms with van der Waals surface area (Å²) in [5.41, 5.74) is 1.12. The molecule has 1 aromatic carbocycles. The monoisotopic (exact) mass is 406 g/mol. The Balaban J connectivity index is 1.65. The van der Waals surface area contributed by atoms with E-state index >= 15 is 0 Å². The molecule has 1 saturated heterocycles. The van der Waals surface area contributed by atoms with Crippen LogP contribution in [0.4, 0.5) is 5.69 Å². The lowest BCUT2D eigenvalue weighted by molar-refractivity contribution is 0.0524. The van der Waals surface area contributed by atoms with Crippen LogP contribution >= 0.6 is 0 Å². The van der Waals surface area contributed by atoms with Gasteiger partial charge in [0.05, 0.1) is 24.3 Å². The minimum Gasteiger partial charge on any atom is -0.467 e. The number of piperidine rings is 1. The Bertz CT molecular complexity index is 905. The Morgan fingerprint density at radius 2 is 2.04 bits per heavy atom. The predicted octanol–water partition coefficient (Wildman–Crippen LogP) is 3.49. The quantitative estimate of drug-likeness (QED) is 0.708. The second kappa shape index (κ2) is 8.79. The molecule has 2 heterocycles. The maximum absolute atomic E-state index is 12.8. The maximum Gasteiger partial charge on any atom is 0.341 e. The maximum atomic E-state index is 12.8. The van der Waals surface area contributed by atoms with Crippen LogP contribution in [0.5, 0.6) is 0 Å². The molecule has 7 nitrogen and oxygen atoms in total. The Morgan fingerprint density at radius 1 is 1.29 bits per heavy atom. The van der Waals surface area contributed by atoms with Gasteiger partial charge in [0.1, 0.15) is 11.3 Å². The largest absolute Gasteiger partial charge is 0.467 e. The molecule has 1 fully saturated rings. The zero-order chi connectivity index (χ0) is 20.1. The van der Waals surface area contributed by atoms with E-state index in [0.717, 1.165) is 18.5 Å². The second-order valence-electron chi connectivity index (χ2n) is 6.97. The van der Waals surface area contributed by atoms with Gasteiger partial charge in [-0.15, -0.1) is 0 Å². The number of esters is 1. The van der Waals surface area contributed by atoms with Gasteiger partial charge in [0, 0.05) is 18.8 Å². The van der Waals surface area contributed by atoms with Crippen LogP contribution in [0.2, 0.25) is 0 Å². The molecule has 152 valence electrons. The van der Waals surface area contributed by atoms with Crippen LogP contribution in [0.15, 0.2) is 45.9 Å². The van der Waals surface area contributed by atoms with Crippen molar-refractivity contribution in [3.05, 3.63) is 47.9 Å². The number of ether oxygens (including phenoxy) is 1. The number of nitrogens with one attached hydrogen (secondary N) is 1. The summed E-state index contributed by atoms with van der Waals surface area (Å²) >= 11 is 0. The number of hydrogen-bond donors (Lipinski definition) is 1. The number of anilines is 1. The zero-order valence-electron chi connectivity index (χ0n) is 16.2. The molecular formula is C20H26N2O5S. The lowest BCUT2D eigenvalue weighted by Gasteiger charge is -2.30. The van der Waals surface area contributed by atoms with Gasteiger partial charge in [-0.2, -0.15) is 4.31 Å². The van der Waals surface area contributed by atoms with E-state index < -0.39 is 16.0 Å². The number of sulfonamides is 1. The highest BCUT2D eigenvalue weighted by molar-refractivity contribution is 7.89. The summed E-state index contributed by atoms with van der Waals surface area (Å²) in [6.07, 6.45) is 3.40. The SMILES string of the molecule is CCOC(=O)c1ccoc1CNc1ccc(S(=O)(=O)N2CCC[C@H](C)C2)cc1. The Morgan fingerprint density at radius 3 is 2.71 bits per heavy atom. The van der Waals surface area contributed by atoms with E-state index in [4.69, 9.17) is 9.15 Å². The number of hydrogen-bond acceptors (Lipinski definition) is 6. The number of furan rings is 1. The molecule has 0 unspecified atom stereocenters. The molecule has 0 spiro atoms. The third-order valence-electron chi connectivity index (χ3n) is 4.81. The summed E-state index contributed by atoms with van der Waals surface area (Å²) in [7, 11) is -3.47. The summed E-state index contributed by atoms with van der Waals surface area (Å²) in [6, 6.07) is 8.21. The van der Waals surface area contributed by atoms with Crippen LogP contribution in [0.3, 0.4) is 0 Å². The summed E-state index contributed by atoms with van der Waals surface area (Å²) in [5.74, 6) is 0.425. The molecule has 0 amide bonds. The normalized spacial score (nSPS) is 18.0. The number of carbonyl (C=O) groups excluding carboxylic acids is 1. The first kappa shape index (κ1) is 20.4. The van der Waals surface area contributed by atoms with E-state index in [1.54, 1.807) is 41.6 Å². The molecule has 1 atom stereocenters. The van der Waals surface area contributed by atoms with Gasteiger partial charge in [-0.25, -0.2) is 13.2 Å². The van der Waals surface area contributed by atoms with E-state index in [9.17, 15) is 13.2 Å². The summed E-state index contributed by atoms with van der Waals surface area (Å²) in [4.78, 5) is 12.2. The second-order valence-corrected chi connectivity index (χ2v) is 8.90. The fourth-order valence-electron chi connectivity index (χ4n) is 3.31. The first-order valence-corrected chi connectivity index (χ1v) is 10.9. The third kappa shape index (κ3) is 4.56. The Hall–Kier alpha value is -2.32. The van der Waals surface area contributed by atoms with Gasteiger partial charge in [-0.05, 0) is 56.0 Å². The van der Waals surface area contributed by atoms with Crippen molar-refractivity contribution in [2.24, 2.45) is 5.92 Å². The van der Waals surface area contributed by atoms with Gasteiger partial charge in [-0.3, -0.25) is 0 Å². The lowest BCUT2D eigenvalue weighted by Crippen LogP contribution is -2.39. The van der Waals surface area contributed by atoms with Gasteiger partial charge >= 0.3 is 5.97 Å². The van der Waals surface area contributed by atoms with E-state index in [-0.39, 0.29) is 11.4 Å². The van der Waals surface area contributed by atoms with E-state index in [0.29, 0.717) is 36.9 Å². The van der Waals surface area contributed by atoms with Crippen molar-refractivity contribution in [2.45, 2.75) is 38.1 Å². The smallest absolute Gasteiger partial charge is 0.341 e. The molecule has 0 aliphatic carbocycles. The first-order valence-electron chi connectivity index (χ1n) is 9.49. The molecule has 1 N–H and O–H groups in total. The van der Waals surface area contributed by atoms with Crippen LogP contribution in [0.1, 0.15) is 42.8 Å². The molecule has 0 radical (unpaired) electrons. The van der Waals surface area contributed by atoms with Crippen molar-refractivity contribution in [3.63, 3.8) is 0 Å². The molecule has 1 aromatic heterocycles. The van der Waals surface area contributed by atoms with Crippen molar-refractivity contribution in [1.82, 2.24) is 4.31 Å². The average molecular weight is 407 g/mol. The Kier molecular flexibility index (Phi) is 6.41. The van der Waals surface area contributed by atoms with Crippen LogP contribution < -0.4 is 5.32 Å². The van der Waals surface area contributed by atoms with Crippen LogP contribution in [0.25, 0.3) is 0 Å². The van der Waals surface area contributed by atoms with Crippen molar-refractivity contribution in [1.29, 1.82) is 0 Å². The van der Waals surface area contributed by atoms with Gasteiger partial charge in [0.15, 0.2) is 0 Å². The van der Waals surface area contributed by atoms with Crippen LogP contribution in [-0.4, -0.2) is 38.4 Å². The Labute approximate surface area is 165 Å². The molecule has 2 aromatic rings. The molecule has 1 aliphatic heterocycles. The van der Waals surface area contributed by atoms with Gasteiger partial charge in [-0.1, -0.05) is 6.92 Å². The van der Waals surface area contributed by atoms with Gasteiger partial charge < -0.3 is 14.5 Å². The van der Waals surface area contributed by atoms with Gasteiger partial charge in [0.2, 0.25) is 10.0 Å². The molecule has 3 rings (SSSR count). The highest BCUT2D eigenvalue weighted by atomic mass is 32.2. The fraction of sp³-hybridized carbons (Fsp3) is 0.450. The van der Waals surface area contributed by atoms with Crippen molar-refractivity contribution < 1.29 is 22.4 Å². The molecule has 1 aliphatic rings. The molecule has 28 heavy (non-hydrogen) atoms. The van der Waals surface area contributed by atoms with Gasteiger partial charge in [0.25, 0.3) is 0 Å². The molecule has 0 bridgehead atoms. The fourth-order valence-corrected chi connectivity index (χ4v) is 4.91. The third-order valence-corrected chi connectivity index (χ3v) is 6.69. The summed E-state index contributed by atoms with van der Waals surface area (Å²) in [6.45, 7) is 5.54. The number of nitrogens with zero attached hydrogens (tertiary/aromatic N) is 1.